The van der Waals surface area contributed by atoms with Gasteiger partial charge in [-0.1, -0.05) is 18.2 Å². The molecule has 1 saturated heterocycles. The molecule has 1 fully saturated rings. The second kappa shape index (κ2) is 7.63. The Labute approximate surface area is 161 Å². The molecule has 1 aliphatic rings. The van der Waals surface area contributed by atoms with Crippen LogP contribution in [0.3, 0.4) is 0 Å². The maximum Gasteiger partial charge on any atom is 0.251 e. The average molecular weight is 379 g/mol. The molecule has 9 heteroatoms. The maximum absolute atomic E-state index is 12.9. The number of benzene rings is 1. The highest BCUT2D eigenvalue weighted by Crippen LogP contribution is 2.30. The summed E-state index contributed by atoms with van der Waals surface area (Å²) in [7, 11) is 0. The first-order valence-electron chi connectivity index (χ1n) is 9.10. The Kier molecular flexibility index (Phi) is 4.88. The largest absolute Gasteiger partial charge is 0.347 e. The molecule has 0 unspecified atom stereocenters. The Bertz CT molecular complexity index is 952. The number of hydrogen-bond donors (Lipinski definition) is 2. The number of imidazole rings is 1. The van der Waals surface area contributed by atoms with Gasteiger partial charge < -0.3 is 14.8 Å². The number of amides is 2. The predicted molar refractivity (Wildman–Crippen MR) is 100 cm³/mol. The minimum Gasteiger partial charge on any atom is -0.347 e. The molecule has 0 saturated carbocycles. The molecule has 2 aromatic heterocycles. The molecule has 2 N–H and O–H groups in total. The number of carbonyl (C=O) groups excluding carboxylic acids is 2. The number of rotatable bonds is 5. The summed E-state index contributed by atoms with van der Waals surface area (Å²) < 4.78 is 1.72. The van der Waals surface area contributed by atoms with Crippen LogP contribution in [0.15, 0.2) is 49.1 Å². The molecule has 28 heavy (non-hydrogen) atoms. The highest BCUT2D eigenvalue weighted by molar-refractivity contribution is 5.94. The van der Waals surface area contributed by atoms with Crippen molar-refractivity contribution in [1.29, 1.82) is 0 Å². The first-order chi connectivity index (χ1) is 13.6. The highest BCUT2D eigenvalue weighted by atomic mass is 16.2. The van der Waals surface area contributed by atoms with Gasteiger partial charge in [0, 0.05) is 30.5 Å². The van der Waals surface area contributed by atoms with E-state index in [4.69, 9.17) is 0 Å². The molecule has 0 radical (unpaired) electrons. The molecule has 0 spiro atoms. The fraction of sp³-hybridized carbons (Fsp3) is 0.316. The van der Waals surface area contributed by atoms with E-state index in [1.165, 1.54) is 0 Å². The van der Waals surface area contributed by atoms with E-state index in [-0.39, 0.29) is 30.4 Å². The molecule has 3 heterocycles. The summed E-state index contributed by atoms with van der Waals surface area (Å²) in [5, 5.41) is 10.1. The fourth-order valence-corrected chi connectivity index (χ4v) is 3.46. The van der Waals surface area contributed by atoms with Crippen molar-refractivity contribution in [2.24, 2.45) is 0 Å². The lowest BCUT2D eigenvalue weighted by Gasteiger charge is -2.22. The lowest BCUT2D eigenvalue weighted by molar-refractivity contribution is -0.133. The third-order valence-electron chi connectivity index (χ3n) is 4.78. The Balaban J connectivity index is 1.51. The van der Waals surface area contributed by atoms with E-state index in [2.05, 4.69) is 25.5 Å². The van der Waals surface area contributed by atoms with Crippen LogP contribution in [0.5, 0.6) is 0 Å². The summed E-state index contributed by atoms with van der Waals surface area (Å²) in [5.74, 6) is 1.03. The van der Waals surface area contributed by atoms with Gasteiger partial charge in [-0.05, 0) is 25.5 Å². The van der Waals surface area contributed by atoms with Gasteiger partial charge >= 0.3 is 0 Å². The smallest absolute Gasteiger partial charge is 0.251 e. The molecule has 2 amide bonds. The fourth-order valence-electron chi connectivity index (χ4n) is 3.46. The van der Waals surface area contributed by atoms with E-state index in [1.54, 1.807) is 40.3 Å². The van der Waals surface area contributed by atoms with Gasteiger partial charge in [-0.15, -0.1) is 0 Å². The lowest BCUT2D eigenvalue weighted by atomic mass is 10.1. The maximum atomic E-state index is 12.9. The van der Waals surface area contributed by atoms with Gasteiger partial charge in [-0.2, -0.15) is 5.10 Å². The number of nitrogens with zero attached hydrogens (tertiary/aromatic N) is 5. The topological polar surface area (TPSA) is 109 Å². The van der Waals surface area contributed by atoms with Crippen molar-refractivity contribution in [3.63, 3.8) is 0 Å². The Hall–Kier alpha value is -3.49. The van der Waals surface area contributed by atoms with Crippen LogP contribution in [-0.2, 0) is 11.3 Å². The summed E-state index contributed by atoms with van der Waals surface area (Å²) in [5.41, 5.74) is 0.594. The zero-order chi connectivity index (χ0) is 19.5. The lowest BCUT2D eigenvalue weighted by Crippen LogP contribution is -2.39. The van der Waals surface area contributed by atoms with Crippen LogP contribution in [0.2, 0.25) is 0 Å². The number of aromatic amines is 1. The summed E-state index contributed by atoms with van der Waals surface area (Å²) in [6.07, 6.45) is 5.55. The molecule has 2 atom stereocenters. The highest BCUT2D eigenvalue weighted by Gasteiger charge is 2.39. The first kappa shape index (κ1) is 17.9. The second-order valence-electron chi connectivity index (χ2n) is 6.85. The molecule has 3 aromatic rings. The zero-order valence-corrected chi connectivity index (χ0v) is 15.4. The molecule has 1 aliphatic heterocycles. The number of nitrogens with one attached hydrogen (secondary N) is 2. The number of aryl methyl sites for hydroxylation is 1. The number of likely N-dealkylation sites (tertiary alicyclic amines) is 1. The number of H-pyrrole nitrogens is 1. The van der Waals surface area contributed by atoms with E-state index < -0.39 is 0 Å². The van der Waals surface area contributed by atoms with Gasteiger partial charge in [-0.25, -0.2) is 9.97 Å². The molecular weight excluding hydrogens is 358 g/mol. The van der Waals surface area contributed by atoms with Gasteiger partial charge in [0.1, 0.15) is 12.4 Å². The van der Waals surface area contributed by atoms with Crippen LogP contribution in [0.4, 0.5) is 0 Å². The van der Waals surface area contributed by atoms with E-state index >= 15 is 0 Å². The minimum absolute atomic E-state index is 0.0677. The summed E-state index contributed by atoms with van der Waals surface area (Å²) in [4.78, 5) is 35.5. The Morgan fingerprint density at radius 1 is 1.29 bits per heavy atom. The van der Waals surface area contributed by atoms with E-state index in [9.17, 15) is 9.59 Å². The van der Waals surface area contributed by atoms with Crippen LogP contribution in [-0.4, -0.2) is 54.0 Å². The SMILES string of the molecule is Cc1nc([C@@H]2C[C@H](NC(=O)c3ccccc3)CN2C(=O)Cn2ccnc2)n[nH]1. The van der Waals surface area contributed by atoms with Crippen LogP contribution in [0.25, 0.3) is 0 Å². The van der Waals surface area contributed by atoms with E-state index in [1.807, 2.05) is 25.1 Å². The molecule has 9 nitrogen and oxygen atoms in total. The summed E-state index contributed by atoms with van der Waals surface area (Å²) in [6.45, 7) is 2.40. The third-order valence-corrected chi connectivity index (χ3v) is 4.78. The van der Waals surface area contributed by atoms with Crippen molar-refractivity contribution >= 4 is 11.8 Å². The molecule has 0 aliphatic carbocycles. The Morgan fingerprint density at radius 3 is 2.79 bits per heavy atom. The van der Waals surface area contributed by atoms with Gasteiger partial charge in [-0.3, -0.25) is 14.7 Å². The molecular formula is C19H21N7O2. The van der Waals surface area contributed by atoms with Crippen molar-refractivity contribution in [1.82, 2.24) is 34.9 Å². The van der Waals surface area contributed by atoms with Crippen LogP contribution >= 0.6 is 0 Å². The second-order valence-corrected chi connectivity index (χ2v) is 6.85. The molecule has 0 bridgehead atoms. The molecule has 144 valence electrons. The van der Waals surface area contributed by atoms with Gasteiger partial charge in [0.05, 0.1) is 12.4 Å². The van der Waals surface area contributed by atoms with Crippen LogP contribution in [0, 0.1) is 6.92 Å². The average Bonchev–Trinajstić information content (AvgIpc) is 3.43. The van der Waals surface area contributed by atoms with Crippen molar-refractivity contribution in [3.05, 3.63) is 66.3 Å². The number of hydrogen-bond acceptors (Lipinski definition) is 5. The first-order valence-corrected chi connectivity index (χ1v) is 9.10. The van der Waals surface area contributed by atoms with Crippen molar-refractivity contribution < 1.29 is 9.59 Å². The van der Waals surface area contributed by atoms with Crippen molar-refractivity contribution in [3.8, 4) is 0 Å². The van der Waals surface area contributed by atoms with Gasteiger partial charge in [0.2, 0.25) is 5.91 Å². The predicted octanol–water partition coefficient (Wildman–Crippen LogP) is 1.08. The summed E-state index contributed by atoms with van der Waals surface area (Å²) in [6, 6.07) is 8.58. The van der Waals surface area contributed by atoms with Gasteiger partial charge in [0.25, 0.3) is 5.91 Å². The number of carbonyl (C=O) groups is 2. The van der Waals surface area contributed by atoms with Gasteiger partial charge in [0.15, 0.2) is 5.82 Å². The van der Waals surface area contributed by atoms with Crippen molar-refractivity contribution in [2.75, 3.05) is 6.54 Å². The van der Waals surface area contributed by atoms with E-state index in [0.717, 1.165) is 0 Å². The standard InChI is InChI=1S/C19H21N7O2/c1-13-21-18(24-23-13)16-9-15(22-19(28)14-5-3-2-4-6-14)10-26(16)17(27)11-25-8-7-20-12-25/h2-8,12,15-16H,9-11H2,1H3,(H,22,28)(H,21,23,24)/t15-,16-/m0/s1. The number of aromatic nitrogens is 5. The Morgan fingerprint density at radius 2 is 2.11 bits per heavy atom. The molecule has 4 rings (SSSR count). The quantitative estimate of drug-likeness (QED) is 0.690. The minimum atomic E-state index is -0.290. The van der Waals surface area contributed by atoms with E-state index in [0.29, 0.717) is 30.2 Å². The van der Waals surface area contributed by atoms with Crippen molar-refractivity contribution in [2.45, 2.75) is 32.0 Å². The van der Waals surface area contributed by atoms with Crippen LogP contribution in [0.1, 0.15) is 34.5 Å². The molecule has 1 aromatic carbocycles. The normalized spacial score (nSPS) is 19.0. The monoisotopic (exact) mass is 379 g/mol. The van der Waals surface area contributed by atoms with Crippen LogP contribution < -0.4 is 5.32 Å². The summed E-state index contributed by atoms with van der Waals surface area (Å²) >= 11 is 0. The third kappa shape index (κ3) is 3.78. The zero-order valence-electron chi connectivity index (χ0n) is 15.4.